The molecule has 2 amide bonds. The summed E-state index contributed by atoms with van der Waals surface area (Å²) in [5, 5.41) is 15.2. The first-order valence-corrected chi connectivity index (χ1v) is 12.8. The molecule has 0 unspecified atom stereocenters. The summed E-state index contributed by atoms with van der Waals surface area (Å²) in [6, 6.07) is 14.5. The number of carbonyl (C=O) groups excluding carboxylic acids is 1. The van der Waals surface area contributed by atoms with Crippen LogP contribution in [0.5, 0.6) is 0 Å². The van der Waals surface area contributed by atoms with E-state index in [1.165, 1.54) is 0 Å². The van der Waals surface area contributed by atoms with Crippen molar-refractivity contribution in [2.75, 3.05) is 18.4 Å². The maximum atomic E-state index is 12.1. The number of halogens is 4. The largest absolute Gasteiger partial charge is 0.370 e. The number of benzene rings is 2. The van der Waals surface area contributed by atoms with Crippen LogP contribution in [-0.4, -0.2) is 33.7 Å². The standard InChI is InChI=1S/C24H22BrCl3N6O/c25-18-14-32-34-22(12-21(33-23(18)34)17-5-1-2-6-19(17)27)29-9-3-4-10-30-24(35)31-13-15-7-8-16(26)11-20(15)28/h1-2,5-8,11-12,14,29H,3-4,9-10,13H2,(H2,30,31,35). The van der Waals surface area contributed by atoms with Crippen LogP contribution in [0.3, 0.4) is 0 Å². The zero-order valence-electron chi connectivity index (χ0n) is 18.5. The fourth-order valence-corrected chi connectivity index (χ4v) is 4.50. The monoisotopic (exact) mass is 594 g/mol. The van der Waals surface area contributed by atoms with Gasteiger partial charge in [0.15, 0.2) is 5.65 Å². The lowest BCUT2D eigenvalue weighted by Crippen LogP contribution is -2.35. The molecule has 4 aromatic rings. The molecule has 2 heterocycles. The summed E-state index contributed by atoms with van der Waals surface area (Å²) in [5.41, 5.74) is 3.11. The molecule has 2 aromatic carbocycles. The third-order valence-corrected chi connectivity index (χ3v) is 6.70. The van der Waals surface area contributed by atoms with Crippen LogP contribution in [0.15, 0.2) is 59.2 Å². The number of fused-ring (bicyclic) bond motifs is 1. The first-order chi connectivity index (χ1) is 16.9. The molecule has 2 aromatic heterocycles. The highest BCUT2D eigenvalue weighted by atomic mass is 79.9. The maximum Gasteiger partial charge on any atom is 0.315 e. The predicted molar refractivity (Wildman–Crippen MR) is 146 cm³/mol. The molecule has 0 fully saturated rings. The van der Waals surface area contributed by atoms with Gasteiger partial charge < -0.3 is 16.0 Å². The number of amides is 2. The number of nitrogens with zero attached hydrogens (tertiary/aromatic N) is 3. The van der Waals surface area contributed by atoms with E-state index in [0.29, 0.717) is 40.3 Å². The molecule has 11 heteroatoms. The molecule has 0 bridgehead atoms. The van der Waals surface area contributed by atoms with Gasteiger partial charge in [0, 0.05) is 46.3 Å². The highest BCUT2D eigenvalue weighted by molar-refractivity contribution is 9.10. The fraction of sp³-hybridized carbons (Fsp3) is 0.208. The number of carbonyl (C=O) groups is 1. The summed E-state index contributed by atoms with van der Waals surface area (Å²) in [6.45, 7) is 1.57. The number of urea groups is 1. The van der Waals surface area contributed by atoms with E-state index < -0.39 is 0 Å². The molecule has 4 rings (SSSR count). The minimum atomic E-state index is -0.245. The van der Waals surface area contributed by atoms with Crippen molar-refractivity contribution in [2.45, 2.75) is 19.4 Å². The smallest absolute Gasteiger partial charge is 0.315 e. The summed E-state index contributed by atoms with van der Waals surface area (Å²) >= 11 is 21.9. The number of hydrogen-bond donors (Lipinski definition) is 3. The summed E-state index contributed by atoms with van der Waals surface area (Å²) < 4.78 is 2.54. The molecule has 0 aliphatic rings. The van der Waals surface area contributed by atoms with Crippen LogP contribution in [0.25, 0.3) is 16.9 Å². The van der Waals surface area contributed by atoms with Crippen LogP contribution in [-0.2, 0) is 6.54 Å². The molecule has 0 saturated heterocycles. The summed E-state index contributed by atoms with van der Waals surface area (Å²) in [5.74, 6) is 0.807. The lowest BCUT2D eigenvalue weighted by atomic mass is 10.1. The van der Waals surface area contributed by atoms with Gasteiger partial charge in [0.2, 0.25) is 0 Å². The Hall–Kier alpha value is -2.52. The van der Waals surface area contributed by atoms with Crippen LogP contribution in [0, 0.1) is 0 Å². The second-order valence-electron chi connectivity index (χ2n) is 7.71. The quantitative estimate of drug-likeness (QED) is 0.185. The third-order valence-electron chi connectivity index (χ3n) is 5.23. The molecule has 0 spiro atoms. The van der Waals surface area contributed by atoms with E-state index in [1.807, 2.05) is 30.3 Å². The van der Waals surface area contributed by atoms with Gasteiger partial charge in [0.05, 0.1) is 16.4 Å². The predicted octanol–water partition coefficient (Wildman–Crippen LogP) is 6.81. The van der Waals surface area contributed by atoms with E-state index in [1.54, 1.807) is 28.9 Å². The highest BCUT2D eigenvalue weighted by Gasteiger charge is 2.13. The molecule has 182 valence electrons. The molecule has 7 nitrogen and oxygen atoms in total. The molecule has 3 N–H and O–H groups in total. The summed E-state index contributed by atoms with van der Waals surface area (Å²) in [6.07, 6.45) is 3.36. The Morgan fingerprint density at radius 3 is 2.57 bits per heavy atom. The van der Waals surface area contributed by atoms with Crippen molar-refractivity contribution in [1.29, 1.82) is 0 Å². The minimum absolute atomic E-state index is 0.245. The Bertz CT molecular complexity index is 1350. The first kappa shape index (κ1) is 25.6. The Morgan fingerprint density at radius 2 is 1.77 bits per heavy atom. The van der Waals surface area contributed by atoms with E-state index in [2.05, 4.69) is 37.0 Å². The number of nitrogens with one attached hydrogen (secondary N) is 3. The number of hydrogen-bond acceptors (Lipinski definition) is 4. The van der Waals surface area contributed by atoms with Crippen molar-refractivity contribution in [3.8, 4) is 11.3 Å². The van der Waals surface area contributed by atoms with Crippen LogP contribution in [0.1, 0.15) is 18.4 Å². The number of rotatable bonds is 9. The van der Waals surface area contributed by atoms with Crippen molar-refractivity contribution in [3.63, 3.8) is 0 Å². The zero-order chi connectivity index (χ0) is 24.8. The van der Waals surface area contributed by atoms with Crippen molar-refractivity contribution >= 4 is 68.2 Å². The molecule has 0 atom stereocenters. The highest BCUT2D eigenvalue weighted by Crippen LogP contribution is 2.30. The lowest BCUT2D eigenvalue weighted by Gasteiger charge is -2.12. The van der Waals surface area contributed by atoms with Gasteiger partial charge >= 0.3 is 6.03 Å². The van der Waals surface area contributed by atoms with E-state index in [4.69, 9.17) is 39.8 Å². The van der Waals surface area contributed by atoms with Gasteiger partial charge in [-0.15, -0.1) is 0 Å². The molecule has 0 aliphatic carbocycles. The van der Waals surface area contributed by atoms with Crippen LogP contribution < -0.4 is 16.0 Å². The molecule has 35 heavy (non-hydrogen) atoms. The molecule has 0 radical (unpaired) electrons. The SMILES string of the molecule is O=C(NCCCCNc1cc(-c2ccccc2Cl)nc2c(Br)cnn12)NCc1ccc(Cl)cc1Cl. The van der Waals surface area contributed by atoms with Crippen LogP contribution >= 0.6 is 50.7 Å². The molecule has 0 aliphatic heterocycles. The van der Waals surface area contributed by atoms with Gasteiger partial charge in [-0.3, -0.25) is 0 Å². The first-order valence-electron chi connectivity index (χ1n) is 10.9. The van der Waals surface area contributed by atoms with Gasteiger partial charge in [-0.1, -0.05) is 59.1 Å². The van der Waals surface area contributed by atoms with Crippen molar-refractivity contribution < 1.29 is 4.79 Å². The van der Waals surface area contributed by atoms with E-state index in [0.717, 1.165) is 40.0 Å². The third kappa shape index (κ3) is 6.58. The van der Waals surface area contributed by atoms with E-state index in [-0.39, 0.29) is 6.03 Å². The van der Waals surface area contributed by atoms with Gasteiger partial charge in [0.1, 0.15) is 5.82 Å². The van der Waals surface area contributed by atoms with Crippen LogP contribution in [0.2, 0.25) is 15.1 Å². The number of anilines is 1. The van der Waals surface area contributed by atoms with Gasteiger partial charge in [-0.25, -0.2) is 9.78 Å². The van der Waals surface area contributed by atoms with Crippen molar-refractivity contribution in [1.82, 2.24) is 25.2 Å². The summed E-state index contributed by atoms with van der Waals surface area (Å²) in [4.78, 5) is 16.8. The van der Waals surface area contributed by atoms with E-state index in [9.17, 15) is 4.79 Å². The normalized spacial score (nSPS) is 11.0. The average Bonchev–Trinajstić information content (AvgIpc) is 3.21. The Morgan fingerprint density at radius 1 is 0.971 bits per heavy atom. The Balaban J connectivity index is 1.27. The van der Waals surface area contributed by atoms with Crippen molar-refractivity contribution in [2.24, 2.45) is 0 Å². The fourth-order valence-electron chi connectivity index (χ4n) is 3.44. The number of aromatic nitrogens is 3. The van der Waals surface area contributed by atoms with Gasteiger partial charge in [-0.2, -0.15) is 9.61 Å². The van der Waals surface area contributed by atoms with Crippen molar-refractivity contribution in [3.05, 3.63) is 79.8 Å². The molecule has 0 saturated carbocycles. The van der Waals surface area contributed by atoms with Crippen LogP contribution in [0.4, 0.5) is 10.6 Å². The lowest BCUT2D eigenvalue weighted by molar-refractivity contribution is 0.240. The van der Waals surface area contributed by atoms with Gasteiger partial charge in [0.25, 0.3) is 0 Å². The molecular weight excluding hydrogens is 575 g/mol. The van der Waals surface area contributed by atoms with Gasteiger partial charge in [-0.05, 0) is 52.5 Å². The zero-order valence-corrected chi connectivity index (χ0v) is 22.3. The summed E-state index contributed by atoms with van der Waals surface area (Å²) in [7, 11) is 0. The minimum Gasteiger partial charge on any atom is -0.370 e. The van der Waals surface area contributed by atoms with E-state index >= 15 is 0 Å². The number of unbranched alkanes of at least 4 members (excludes halogenated alkanes) is 1. The topological polar surface area (TPSA) is 83.3 Å². The second-order valence-corrected chi connectivity index (χ2v) is 9.82. The average molecular weight is 597 g/mol. The maximum absolute atomic E-state index is 12.1. The Labute approximate surface area is 226 Å². The Kier molecular flexibility index (Phi) is 8.73. The molecular formula is C24H22BrCl3N6O. The second kappa shape index (κ2) is 11.9.